The van der Waals surface area contributed by atoms with Gasteiger partial charge in [-0.1, -0.05) is 47.7 Å². The molecule has 6 nitrogen and oxygen atoms in total. The number of anilines is 1. The van der Waals surface area contributed by atoms with Crippen molar-refractivity contribution >= 4 is 33.7 Å². The van der Waals surface area contributed by atoms with Crippen LogP contribution in [0.4, 0.5) is 5.13 Å². The number of nitrogens with zero attached hydrogens (tertiary/aromatic N) is 4. The van der Waals surface area contributed by atoms with Gasteiger partial charge in [-0.3, -0.25) is 14.6 Å². The molecule has 0 fully saturated rings. The summed E-state index contributed by atoms with van der Waals surface area (Å²) in [5, 5.41) is 4.99. The molecular formula is C19H17N5OS. The summed E-state index contributed by atoms with van der Waals surface area (Å²) in [6.07, 6.45) is 3.56. The number of thiazole rings is 1. The zero-order valence-electron chi connectivity index (χ0n) is 14.4. The fraction of sp³-hybridized carbons (Fsp3) is 0.105. The Labute approximate surface area is 154 Å². The van der Waals surface area contributed by atoms with Crippen LogP contribution in [-0.2, 0) is 14.1 Å². The van der Waals surface area contributed by atoms with Gasteiger partial charge in [0.25, 0.3) is 0 Å². The van der Waals surface area contributed by atoms with E-state index < -0.39 is 0 Å². The zero-order valence-corrected chi connectivity index (χ0v) is 15.2. The number of aryl methyl sites for hydroxylation is 2. The van der Waals surface area contributed by atoms with E-state index in [4.69, 9.17) is 0 Å². The lowest BCUT2D eigenvalue weighted by molar-refractivity contribution is 0.795. The number of rotatable bonds is 4. The summed E-state index contributed by atoms with van der Waals surface area (Å²) in [7, 11) is 3.54. The van der Waals surface area contributed by atoms with E-state index in [1.165, 1.54) is 0 Å². The van der Waals surface area contributed by atoms with Gasteiger partial charge in [0.1, 0.15) is 0 Å². The van der Waals surface area contributed by atoms with Crippen LogP contribution in [0.5, 0.6) is 0 Å². The minimum absolute atomic E-state index is 0.0385. The summed E-state index contributed by atoms with van der Waals surface area (Å²) in [6.45, 7) is 0. The van der Waals surface area contributed by atoms with Crippen molar-refractivity contribution in [2.75, 3.05) is 5.43 Å². The molecule has 7 heteroatoms. The van der Waals surface area contributed by atoms with E-state index in [2.05, 4.69) is 27.6 Å². The highest BCUT2D eigenvalue weighted by atomic mass is 32.1. The molecule has 130 valence electrons. The number of nitrogens with one attached hydrogen (secondary N) is 1. The van der Waals surface area contributed by atoms with Gasteiger partial charge in [0.2, 0.25) is 5.13 Å². The molecule has 4 aromatic rings. The second-order valence-corrected chi connectivity index (χ2v) is 6.95. The lowest BCUT2D eigenvalue weighted by Gasteiger charge is -1.98. The average molecular weight is 363 g/mol. The molecule has 0 bridgehead atoms. The van der Waals surface area contributed by atoms with Crippen LogP contribution in [-0.4, -0.2) is 20.3 Å². The second-order valence-electron chi connectivity index (χ2n) is 5.91. The van der Waals surface area contributed by atoms with E-state index in [0.29, 0.717) is 0 Å². The van der Waals surface area contributed by atoms with Crippen LogP contribution in [0.15, 0.2) is 64.6 Å². The van der Waals surface area contributed by atoms with Gasteiger partial charge in [-0.25, -0.2) is 9.78 Å². The molecule has 0 saturated carbocycles. The highest BCUT2D eigenvalue weighted by molar-refractivity contribution is 7.18. The number of aromatic nitrogens is 3. The lowest BCUT2D eigenvalue weighted by Crippen LogP contribution is -2.19. The Morgan fingerprint density at radius 2 is 1.85 bits per heavy atom. The molecule has 0 aliphatic rings. The smallest absolute Gasteiger partial charge is 0.295 e. The molecule has 0 aliphatic carbocycles. The Balaban J connectivity index is 1.52. The maximum Gasteiger partial charge on any atom is 0.328 e. The Kier molecular flexibility index (Phi) is 4.14. The molecule has 2 heterocycles. The predicted molar refractivity (Wildman–Crippen MR) is 107 cm³/mol. The van der Waals surface area contributed by atoms with Crippen molar-refractivity contribution in [2.24, 2.45) is 19.2 Å². The molecule has 0 spiro atoms. The van der Waals surface area contributed by atoms with E-state index in [1.54, 1.807) is 40.8 Å². The standard InChI is InChI=1S/C19H17N5OS/c1-23-15-9-8-13(10-16(15)24(2)19(23)25)11-21-22-18-20-12-17(26-18)14-6-4-3-5-7-14/h3-12H,1-2H3,(H,20,22)/b21-11+. The van der Waals surface area contributed by atoms with E-state index >= 15 is 0 Å². The molecular weight excluding hydrogens is 346 g/mol. The summed E-state index contributed by atoms with van der Waals surface area (Å²) < 4.78 is 3.27. The quantitative estimate of drug-likeness (QED) is 0.446. The van der Waals surface area contributed by atoms with Crippen molar-refractivity contribution in [3.05, 3.63) is 70.8 Å². The van der Waals surface area contributed by atoms with Crippen molar-refractivity contribution < 1.29 is 0 Å². The fourth-order valence-corrected chi connectivity index (χ4v) is 3.60. The molecule has 2 aromatic heterocycles. The molecule has 4 rings (SSSR count). The van der Waals surface area contributed by atoms with Crippen LogP contribution in [0, 0.1) is 0 Å². The van der Waals surface area contributed by atoms with Gasteiger partial charge in [-0.2, -0.15) is 5.10 Å². The number of hydrazone groups is 1. The van der Waals surface area contributed by atoms with Crippen molar-refractivity contribution in [1.82, 2.24) is 14.1 Å². The summed E-state index contributed by atoms with van der Waals surface area (Å²) in [6, 6.07) is 15.9. The maximum atomic E-state index is 12.0. The zero-order chi connectivity index (χ0) is 18.1. The molecule has 0 radical (unpaired) electrons. The molecule has 2 aromatic carbocycles. The van der Waals surface area contributed by atoms with E-state index in [9.17, 15) is 4.79 Å². The SMILES string of the molecule is Cn1c(=O)n(C)c2cc(/C=N/Nc3ncc(-c4ccccc4)s3)ccc21. The Bertz CT molecular complexity index is 1150. The monoisotopic (exact) mass is 363 g/mol. The van der Waals surface area contributed by atoms with Gasteiger partial charge >= 0.3 is 5.69 Å². The van der Waals surface area contributed by atoms with E-state index in [0.717, 1.165) is 32.2 Å². The number of benzene rings is 2. The molecule has 0 atom stereocenters. The number of hydrogen-bond acceptors (Lipinski definition) is 5. The van der Waals surface area contributed by atoms with Crippen LogP contribution in [0.25, 0.3) is 21.5 Å². The Morgan fingerprint density at radius 3 is 2.65 bits per heavy atom. The molecule has 0 aliphatic heterocycles. The van der Waals surface area contributed by atoms with Gasteiger partial charge in [0.15, 0.2) is 0 Å². The average Bonchev–Trinajstić information content (AvgIpc) is 3.23. The van der Waals surface area contributed by atoms with Crippen LogP contribution < -0.4 is 11.1 Å². The van der Waals surface area contributed by atoms with Gasteiger partial charge in [-0.15, -0.1) is 0 Å². The largest absolute Gasteiger partial charge is 0.328 e. The van der Waals surface area contributed by atoms with Gasteiger partial charge in [0.05, 0.1) is 22.1 Å². The summed E-state index contributed by atoms with van der Waals surface area (Å²) in [5.74, 6) is 0. The first-order valence-electron chi connectivity index (χ1n) is 8.09. The second kappa shape index (κ2) is 6.61. The molecule has 0 amide bonds. The van der Waals surface area contributed by atoms with Crippen LogP contribution in [0.3, 0.4) is 0 Å². The van der Waals surface area contributed by atoms with Gasteiger partial charge < -0.3 is 0 Å². The molecule has 0 unspecified atom stereocenters. The minimum atomic E-state index is -0.0385. The summed E-state index contributed by atoms with van der Waals surface area (Å²) in [4.78, 5) is 17.4. The van der Waals surface area contributed by atoms with Crippen molar-refractivity contribution in [1.29, 1.82) is 0 Å². The third kappa shape index (κ3) is 2.93. The highest BCUT2D eigenvalue weighted by Crippen LogP contribution is 2.28. The number of fused-ring (bicyclic) bond motifs is 1. The van der Waals surface area contributed by atoms with Gasteiger partial charge in [0, 0.05) is 20.3 Å². The third-order valence-electron chi connectivity index (χ3n) is 4.23. The van der Waals surface area contributed by atoms with Crippen molar-refractivity contribution in [3.63, 3.8) is 0 Å². The van der Waals surface area contributed by atoms with Crippen molar-refractivity contribution in [3.8, 4) is 10.4 Å². The number of imidazole rings is 1. The number of hydrogen-bond donors (Lipinski definition) is 1. The Hall–Kier alpha value is -3.19. The molecule has 26 heavy (non-hydrogen) atoms. The third-order valence-corrected chi connectivity index (χ3v) is 5.18. The predicted octanol–water partition coefficient (Wildman–Crippen LogP) is 3.45. The van der Waals surface area contributed by atoms with Crippen molar-refractivity contribution in [2.45, 2.75) is 0 Å². The normalized spacial score (nSPS) is 11.5. The van der Waals surface area contributed by atoms with E-state index in [1.807, 2.05) is 42.6 Å². The topological polar surface area (TPSA) is 64.2 Å². The maximum absolute atomic E-state index is 12.0. The summed E-state index contributed by atoms with van der Waals surface area (Å²) >= 11 is 1.55. The summed E-state index contributed by atoms with van der Waals surface area (Å²) in [5.41, 5.74) is 6.75. The highest BCUT2D eigenvalue weighted by Gasteiger charge is 2.07. The minimum Gasteiger partial charge on any atom is -0.295 e. The van der Waals surface area contributed by atoms with Crippen LogP contribution >= 0.6 is 11.3 Å². The molecule has 0 saturated heterocycles. The fourth-order valence-electron chi connectivity index (χ4n) is 2.83. The van der Waals surface area contributed by atoms with Gasteiger partial charge in [-0.05, 0) is 23.3 Å². The first-order chi connectivity index (χ1) is 12.6. The molecule has 1 N–H and O–H groups in total. The first kappa shape index (κ1) is 16.3. The Morgan fingerprint density at radius 1 is 1.08 bits per heavy atom. The van der Waals surface area contributed by atoms with Crippen LogP contribution in [0.1, 0.15) is 5.56 Å². The lowest BCUT2D eigenvalue weighted by atomic mass is 10.2. The first-order valence-corrected chi connectivity index (χ1v) is 8.91. The van der Waals surface area contributed by atoms with Crippen LogP contribution in [0.2, 0.25) is 0 Å². The van der Waals surface area contributed by atoms with E-state index in [-0.39, 0.29) is 5.69 Å².